The lowest BCUT2D eigenvalue weighted by atomic mass is 9.97. The SMILES string of the molecule is C[C@H]1Cc2ccsc2[C@H](C)N1CCNC(=O)c1ccc(NS(C)(=O)=O)cc1. The van der Waals surface area contributed by atoms with Crippen LogP contribution in [0.4, 0.5) is 5.69 Å². The first-order chi connectivity index (χ1) is 12.7. The molecule has 0 aliphatic carbocycles. The molecule has 0 bridgehead atoms. The number of hydrogen-bond donors (Lipinski definition) is 2. The van der Waals surface area contributed by atoms with Crippen molar-refractivity contribution >= 4 is 33.0 Å². The van der Waals surface area contributed by atoms with Gasteiger partial charge in [0.15, 0.2) is 0 Å². The molecule has 1 amide bonds. The number of fused-ring (bicyclic) bond motifs is 1. The minimum Gasteiger partial charge on any atom is -0.351 e. The Morgan fingerprint density at radius 1 is 1.22 bits per heavy atom. The second kappa shape index (κ2) is 8.00. The molecule has 1 aromatic heterocycles. The maximum absolute atomic E-state index is 12.3. The Kier molecular flexibility index (Phi) is 5.88. The summed E-state index contributed by atoms with van der Waals surface area (Å²) < 4.78 is 24.8. The zero-order chi connectivity index (χ0) is 19.6. The topological polar surface area (TPSA) is 78.5 Å². The molecule has 2 N–H and O–H groups in total. The fourth-order valence-electron chi connectivity index (χ4n) is 3.57. The van der Waals surface area contributed by atoms with E-state index in [0.29, 0.717) is 29.9 Å². The number of nitrogens with zero attached hydrogens (tertiary/aromatic N) is 1. The van der Waals surface area contributed by atoms with E-state index in [9.17, 15) is 13.2 Å². The first-order valence-electron chi connectivity index (χ1n) is 8.92. The second-order valence-electron chi connectivity index (χ2n) is 6.98. The van der Waals surface area contributed by atoms with Crippen LogP contribution >= 0.6 is 11.3 Å². The van der Waals surface area contributed by atoms with Crippen LogP contribution in [0.3, 0.4) is 0 Å². The number of rotatable bonds is 6. The van der Waals surface area contributed by atoms with Gasteiger partial charge in [-0.3, -0.25) is 14.4 Å². The Bertz CT molecular complexity index is 907. The average Bonchev–Trinajstić information content (AvgIpc) is 3.05. The Morgan fingerprint density at radius 2 is 1.93 bits per heavy atom. The van der Waals surface area contributed by atoms with Crippen LogP contribution in [-0.4, -0.2) is 44.6 Å². The summed E-state index contributed by atoms with van der Waals surface area (Å²) >= 11 is 1.80. The van der Waals surface area contributed by atoms with Gasteiger partial charge in [0.1, 0.15) is 0 Å². The lowest BCUT2D eigenvalue weighted by Gasteiger charge is -2.38. The molecular formula is C19H25N3O3S2. The van der Waals surface area contributed by atoms with Crippen molar-refractivity contribution in [2.75, 3.05) is 24.1 Å². The maximum atomic E-state index is 12.3. The molecule has 2 atom stereocenters. The highest BCUT2D eigenvalue weighted by Gasteiger charge is 2.29. The molecule has 0 radical (unpaired) electrons. The fraction of sp³-hybridized carbons (Fsp3) is 0.421. The molecule has 0 fully saturated rings. The summed E-state index contributed by atoms with van der Waals surface area (Å²) in [5.41, 5.74) is 2.40. The fourth-order valence-corrected chi connectivity index (χ4v) is 5.15. The molecule has 2 aromatic rings. The largest absolute Gasteiger partial charge is 0.351 e. The third kappa shape index (κ3) is 4.88. The molecule has 1 aromatic carbocycles. The van der Waals surface area contributed by atoms with Gasteiger partial charge in [0, 0.05) is 41.3 Å². The summed E-state index contributed by atoms with van der Waals surface area (Å²) in [5, 5.41) is 5.11. The van der Waals surface area contributed by atoms with Gasteiger partial charge in [0.25, 0.3) is 5.91 Å². The van der Waals surface area contributed by atoms with Gasteiger partial charge >= 0.3 is 0 Å². The quantitative estimate of drug-likeness (QED) is 0.772. The number of hydrogen-bond acceptors (Lipinski definition) is 5. The second-order valence-corrected chi connectivity index (χ2v) is 9.68. The lowest BCUT2D eigenvalue weighted by molar-refractivity contribution is 0.0930. The van der Waals surface area contributed by atoms with Crippen LogP contribution in [0.1, 0.15) is 40.7 Å². The predicted octanol–water partition coefficient (Wildman–Crippen LogP) is 2.86. The molecule has 6 nitrogen and oxygen atoms in total. The van der Waals surface area contributed by atoms with Gasteiger partial charge < -0.3 is 5.32 Å². The van der Waals surface area contributed by atoms with Gasteiger partial charge in [0.05, 0.1) is 6.26 Å². The summed E-state index contributed by atoms with van der Waals surface area (Å²) in [6, 6.07) is 9.43. The first-order valence-corrected chi connectivity index (χ1v) is 11.7. The summed E-state index contributed by atoms with van der Waals surface area (Å²) in [6.45, 7) is 5.81. The van der Waals surface area contributed by atoms with E-state index in [0.717, 1.165) is 19.2 Å². The monoisotopic (exact) mass is 407 g/mol. The van der Waals surface area contributed by atoms with E-state index in [-0.39, 0.29) is 5.91 Å². The van der Waals surface area contributed by atoms with Crippen LogP contribution in [0.5, 0.6) is 0 Å². The lowest BCUT2D eigenvalue weighted by Crippen LogP contribution is -2.44. The zero-order valence-electron chi connectivity index (χ0n) is 15.7. The highest BCUT2D eigenvalue weighted by atomic mass is 32.2. The van der Waals surface area contributed by atoms with Crippen molar-refractivity contribution in [3.8, 4) is 0 Å². The highest BCUT2D eigenvalue weighted by Crippen LogP contribution is 2.35. The van der Waals surface area contributed by atoms with Crippen molar-refractivity contribution in [2.24, 2.45) is 0 Å². The van der Waals surface area contributed by atoms with Crippen LogP contribution in [-0.2, 0) is 16.4 Å². The highest BCUT2D eigenvalue weighted by molar-refractivity contribution is 7.92. The van der Waals surface area contributed by atoms with E-state index in [1.807, 2.05) is 0 Å². The molecule has 2 heterocycles. The number of benzene rings is 1. The predicted molar refractivity (Wildman–Crippen MR) is 110 cm³/mol. The molecule has 0 unspecified atom stereocenters. The summed E-state index contributed by atoms with van der Waals surface area (Å²) in [4.78, 5) is 16.2. The van der Waals surface area contributed by atoms with Crippen molar-refractivity contribution in [3.05, 3.63) is 51.7 Å². The van der Waals surface area contributed by atoms with E-state index in [1.54, 1.807) is 35.6 Å². The van der Waals surface area contributed by atoms with Gasteiger partial charge in [0.2, 0.25) is 10.0 Å². The molecule has 146 valence electrons. The number of nitrogens with one attached hydrogen (secondary N) is 2. The molecule has 8 heteroatoms. The van der Waals surface area contributed by atoms with Crippen molar-refractivity contribution in [1.29, 1.82) is 0 Å². The molecular weight excluding hydrogens is 382 g/mol. The van der Waals surface area contributed by atoms with E-state index in [4.69, 9.17) is 0 Å². The van der Waals surface area contributed by atoms with Gasteiger partial charge in [-0.05, 0) is 61.5 Å². The van der Waals surface area contributed by atoms with Gasteiger partial charge in [-0.1, -0.05) is 0 Å². The van der Waals surface area contributed by atoms with Crippen LogP contribution in [0.15, 0.2) is 35.7 Å². The Hall–Kier alpha value is -1.90. The van der Waals surface area contributed by atoms with E-state index < -0.39 is 10.0 Å². The van der Waals surface area contributed by atoms with E-state index >= 15 is 0 Å². The minimum absolute atomic E-state index is 0.157. The Balaban J connectivity index is 1.54. The molecule has 1 aliphatic rings. The number of amides is 1. The van der Waals surface area contributed by atoms with Crippen LogP contribution in [0.25, 0.3) is 0 Å². The third-order valence-electron chi connectivity index (χ3n) is 4.85. The van der Waals surface area contributed by atoms with Gasteiger partial charge in [-0.2, -0.15) is 0 Å². The van der Waals surface area contributed by atoms with E-state index in [1.165, 1.54) is 10.4 Å². The molecule has 0 spiro atoms. The Labute approximate surface area is 164 Å². The average molecular weight is 408 g/mol. The van der Waals surface area contributed by atoms with Gasteiger partial charge in [-0.15, -0.1) is 11.3 Å². The van der Waals surface area contributed by atoms with Gasteiger partial charge in [-0.25, -0.2) is 8.42 Å². The number of sulfonamides is 1. The van der Waals surface area contributed by atoms with Crippen LogP contribution in [0, 0.1) is 0 Å². The third-order valence-corrected chi connectivity index (χ3v) is 6.58. The van der Waals surface area contributed by atoms with Crippen molar-refractivity contribution in [3.63, 3.8) is 0 Å². The van der Waals surface area contributed by atoms with Crippen LogP contribution in [0.2, 0.25) is 0 Å². The van der Waals surface area contributed by atoms with Crippen molar-refractivity contribution in [2.45, 2.75) is 32.4 Å². The molecule has 0 saturated heterocycles. The summed E-state index contributed by atoms with van der Waals surface area (Å²) in [7, 11) is -3.32. The summed E-state index contributed by atoms with van der Waals surface area (Å²) in [5.74, 6) is -0.157. The normalized spacial score (nSPS) is 20.1. The number of carbonyl (C=O) groups excluding carboxylic acids is 1. The Morgan fingerprint density at radius 3 is 2.59 bits per heavy atom. The number of thiophene rings is 1. The smallest absolute Gasteiger partial charge is 0.251 e. The van der Waals surface area contributed by atoms with Crippen molar-refractivity contribution in [1.82, 2.24) is 10.2 Å². The molecule has 27 heavy (non-hydrogen) atoms. The first kappa shape index (κ1) is 19.9. The minimum atomic E-state index is -3.32. The molecule has 0 saturated carbocycles. The maximum Gasteiger partial charge on any atom is 0.251 e. The van der Waals surface area contributed by atoms with Crippen molar-refractivity contribution < 1.29 is 13.2 Å². The standard InChI is InChI=1S/C19H25N3O3S2/c1-13-12-16-8-11-26-18(16)14(2)22(13)10-9-20-19(23)15-4-6-17(7-5-15)21-27(3,24)25/h4-8,11,13-14,21H,9-10,12H2,1-3H3,(H,20,23)/t13-,14-/m0/s1. The zero-order valence-corrected chi connectivity index (χ0v) is 17.4. The molecule has 1 aliphatic heterocycles. The number of carbonyl (C=O) groups is 1. The molecule has 3 rings (SSSR count). The van der Waals surface area contributed by atoms with E-state index in [2.05, 4.69) is 40.2 Å². The van der Waals surface area contributed by atoms with Crippen LogP contribution < -0.4 is 10.0 Å². The number of anilines is 1. The summed E-state index contributed by atoms with van der Waals surface area (Å²) in [6.07, 6.45) is 2.14.